The lowest BCUT2D eigenvalue weighted by Crippen LogP contribution is -2.28. The number of fused-ring (bicyclic) bond motifs is 1. The number of ether oxygens (including phenoxy) is 1. The zero-order valence-corrected chi connectivity index (χ0v) is 12.9. The molecule has 0 amide bonds. The van der Waals surface area contributed by atoms with Gasteiger partial charge >= 0.3 is 0 Å². The fraction of sp³-hybridized carbons (Fsp3) is 0.500. The smallest absolute Gasteiger partial charge is 0.134 e. The lowest BCUT2D eigenvalue weighted by molar-refractivity contribution is 0.328. The van der Waals surface area contributed by atoms with Crippen molar-refractivity contribution in [3.8, 4) is 5.75 Å². The van der Waals surface area contributed by atoms with Crippen molar-refractivity contribution in [3.05, 3.63) is 30.5 Å². The third-order valence-electron chi connectivity index (χ3n) is 4.71. The van der Waals surface area contributed by atoms with E-state index in [-0.39, 0.29) is 0 Å². The number of rotatable bonds is 4. The number of benzene rings is 1. The minimum atomic E-state index is 0.467. The van der Waals surface area contributed by atoms with Crippen LogP contribution in [-0.4, -0.2) is 18.1 Å². The van der Waals surface area contributed by atoms with Crippen molar-refractivity contribution >= 4 is 16.6 Å². The SMILES string of the molecule is COc1cccc2c(NC(C)C3CCCCC3)nccc12. The second kappa shape index (κ2) is 6.33. The first-order chi connectivity index (χ1) is 10.3. The Hall–Kier alpha value is -1.77. The molecular formula is C18H24N2O. The van der Waals surface area contributed by atoms with Gasteiger partial charge in [0.25, 0.3) is 0 Å². The Morgan fingerprint density at radius 1 is 1.14 bits per heavy atom. The first-order valence-corrected chi connectivity index (χ1v) is 7.98. The fourth-order valence-corrected chi connectivity index (χ4v) is 3.44. The van der Waals surface area contributed by atoms with Gasteiger partial charge in [0, 0.05) is 23.0 Å². The van der Waals surface area contributed by atoms with Gasteiger partial charge in [-0.3, -0.25) is 0 Å². The predicted octanol–water partition coefficient (Wildman–Crippen LogP) is 4.62. The highest BCUT2D eigenvalue weighted by molar-refractivity contribution is 5.95. The third-order valence-corrected chi connectivity index (χ3v) is 4.71. The maximum Gasteiger partial charge on any atom is 0.134 e. The number of hydrogen-bond acceptors (Lipinski definition) is 3. The minimum absolute atomic E-state index is 0.467. The van der Waals surface area contributed by atoms with Gasteiger partial charge in [0.2, 0.25) is 0 Å². The van der Waals surface area contributed by atoms with Crippen LogP contribution in [-0.2, 0) is 0 Å². The van der Waals surface area contributed by atoms with Gasteiger partial charge in [-0.25, -0.2) is 4.98 Å². The average molecular weight is 284 g/mol. The molecule has 2 aromatic rings. The summed E-state index contributed by atoms with van der Waals surface area (Å²) in [7, 11) is 1.72. The van der Waals surface area contributed by atoms with Crippen LogP contribution >= 0.6 is 0 Å². The van der Waals surface area contributed by atoms with Crippen LogP contribution in [0.1, 0.15) is 39.0 Å². The van der Waals surface area contributed by atoms with Gasteiger partial charge < -0.3 is 10.1 Å². The number of anilines is 1. The number of pyridine rings is 1. The van der Waals surface area contributed by atoms with Gasteiger partial charge in [-0.05, 0) is 37.8 Å². The second-order valence-corrected chi connectivity index (χ2v) is 6.05. The van der Waals surface area contributed by atoms with Crippen LogP contribution in [0.4, 0.5) is 5.82 Å². The molecule has 0 aliphatic heterocycles. The van der Waals surface area contributed by atoms with Crippen molar-refractivity contribution in [1.29, 1.82) is 0 Å². The maximum absolute atomic E-state index is 5.45. The fourth-order valence-electron chi connectivity index (χ4n) is 3.44. The Morgan fingerprint density at radius 2 is 1.95 bits per heavy atom. The second-order valence-electron chi connectivity index (χ2n) is 6.05. The monoisotopic (exact) mass is 284 g/mol. The van der Waals surface area contributed by atoms with Crippen LogP contribution in [0.2, 0.25) is 0 Å². The molecule has 21 heavy (non-hydrogen) atoms. The summed E-state index contributed by atoms with van der Waals surface area (Å²) in [6.45, 7) is 2.29. The molecule has 1 aromatic heterocycles. The highest BCUT2D eigenvalue weighted by Gasteiger charge is 2.20. The van der Waals surface area contributed by atoms with Crippen LogP contribution in [0.5, 0.6) is 5.75 Å². The summed E-state index contributed by atoms with van der Waals surface area (Å²) < 4.78 is 5.45. The summed E-state index contributed by atoms with van der Waals surface area (Å²) in [4.78, 5) is 4.55. The van der Waals surface area contributed by atoms with Crippen molar-refractivity contribution in [3.63, 3.8) is 0 Å². The molecule has 1 heterocycles. The minimum Gasteiger partial charge on any atom is -0.496 e. The van der Waals surface area contributed by atoms with Gasteiger partial charge in [-0.2, -0.15) is 0 Å². The summed E-state index contributed by atoms with van der Waals surface area (Å²) in [5, 5.41) is 5.90. The van der Waals surface area contributed by atoms with Crippen LogP contribution < -0.4 is 10.1 Å². The molecule has 3 rings (SSSR count). The predicted molar refractivity (Wildman–Crippen MR) is 88.0 cm³/mol. The molecule has 1 fully saturated rings. The van der Waals surface area contributed by atoms with Gasteiger partial charge in [-0.15, -0.1) is 0 Å². The molecule has 1 aliphatic rings. The normalized spacial score (nSPS) is 17.6. The Labute approximate surface area is 126 Å². The van der Waals surface area contributed by atoms with Crippen LogP contribution in [0.3, 0.4) is 0 Å². The van der Waals surface area contributed by atoms with E-state index in [1.807, 2.05) is 24.4 Å². The van der Waals surface area contributed by atoms with Crippen molar-refractivity contribution in [2.45, 2.75) is 45.1 Å². The summed E-state index contributed by atoms with van der Waals surface area (Å²) in [5.74, 6) is 2.65. The van der Waals surface area contributed by atoms with E-state index >= 15 is 0 Å². The van der Waals surface area contributed by atoms with E-state index in [9.17, 15) is 0 Å². The van der Waals surface area contributed by atoms with Crippen LogP contribution in [0, 0.1) is 5.92 Å². The van der Waals surface area contributed by atoms with E-state index in [4.69, 9.17) is 4.74 Å². The average Bonchev–Trinajstić information content (AvgIpc) is 2.55. The Kier molecular flexibility index (Phi) is 4.28. The summed E-state index contributed by atoms with van der Waals surface area (Å²) in [6.07, 6.45) is 8.67. The summed E-state index contributed by atoms with van der Waals surface area (Å²) in [6, 6.07) is 8.62. The molecule has 0 radical (unpaired) electrons. The molecule has 0 bridgehead atoms. The molecule has 1 N–H and O–H groups in total. The third kappa shape index (κ3) is 2.97. The van der Waals surface area contributed by atoms with Crippen LogP contribution in [0.25, 0.3) is 10.8 Å². The first-order valence-electron chi connectivity index (χ1n) is 7.98. The highest BCUT2D eigenvalue weighted by Crippen LogP contribution is 2.32. The standard InChI is InChI=1S/C18H24N2O/c1-13(14-7-4-3-5-8-14)20-18-16-9-6-10-17(21-2)15(16)11-12-19-18/h6,9-14H,3-5,7-8H2,1-2H3,(H,19,20). The molecule has 3 heteroatoms. The Balaban J connectivity index is 1.86. The number of hydrogen-bond donors (Lipinski definition) is 1. The maximum atomic E-state index is 5.45. The van der Waals surface area contributed by atoms with Crippen molar-refractivity contribution in [2.75, 3.05) is 12.4 Å². The van der Waals surface area contributed by atoms with E-state index in [2.05, 4.69) is 23.3 Å². The van der Waals surface area contributed by atoms with Gasteiger partial charge in [-0.1, -0.05) is 31.4 Å². The molecular weight excluding hydrogens is 260 g/mol. The number of nitrogens with one attached hydrogen (secondary N) is 1. The lowest BCUT2D eigenvalue weighted by Gasteiger charge is -2.29. The molecule has 3 nitrogen and oxygen atoms in total. The zero-order chi connectivity index (χ0) is 14.7. The zero-order valence-electron chi connectivity index (χ0n) is 12.9. The molecule has 0 saturated heterocycles. The van der Waals surface area contributed by atoms with Crippen molar-refractivity contribution in [1.82, 2.24) is 4.98 Å². The van der Waals surface area contributed by atoms with E-state index in [0.717, 1.165) is 28.3 Å². The van der Waals surface area contributed by atoms with Crippen molar-refractivity contribution in [2.24, 2.45) is 5.92 Å². The number of methoxy groups -OCH3 is 1. The van der Waals surface area contributed by atoms with E-state index in [1.165, 1.54) is 32.1 Å². The van der Waals surface area contributed by atoms with Gasteiger partial charge in [0.05, 0.1) is 7.11 Å². The van der Waals surface area contributed by atoms with E-state index in [0.29, 0.717) is 6.04 Å². The largest absolute Gasteiger partial charge is 0.496 e. The van der Waals surface area contributed by atoms with Gasteiger partial charge in [0.1, 0.15) is 11.6 Å². The summed E-state index contributed by atoms with van der Waals surface area (Å²) in [5.41, 5.74) is 0. The Morgan fingerprint density at radius 3 is 2.71 bits per heavy atom. The summed E-state index contributed by atoms with van der Waals surface area (Å²) >= 11 is 0. The van der Waals surface area contributed by atoms with Crippen molar-refractivity contribution < 1.29 is 4.74 Å². The molecule has 1 unspecified atom stereocenters. The lowest BCUT2D eigenvalue weighted by atomic mass is 9.84. The highest BCUT2D eigenvalue weighted by atomic mass is 16.5. The molecule has 112 valence electrons. The molecule has 1 aromatic carbocycles. The molecule has 1 aliphatic carbocycles. The first kappa shape index (κ1) is 14.2. The topological polar surface area (TPSA) is 34.1 Å². The van der Waals surface area contributed by atoms with Gasteiger partial charge in [0.15, 0.2) is 0 Å². The quantitative estimate of drug-likeness (QED) is 0.889. The van der Waals surface area contributed by atoms with E-state index in [1.54, 1.807) is 7.11 Å². The molecule has 1 saturated carbocycles. The molecule has 0 spiro atoms. The molecule has 1 atom stereocenters. The van der Waals surface area contributed by atoms with E-state index < -0.39 is 0 Å². The number of nitrogens with zero attached hydrogens (tertiary/aromatic N) is 1. The Bertz CT molecular complexity index is 605. The number of aromatic nitrogens is 1. The van der Waals surface area contributed by atoms with Crippen LogP contribution in [0.15, 0.2) is 30.5 Å².